The van der Waals surface area contributed by atoms with Crippen LogP contribution in [0.25, 0.3) is 0 Å². The average Bonchev–Trinajstić information content (AvgIpc) is 3.27. The molecule has 0 radical (unpaired) electrons. The van der Waals surface area contributed by atoms with E-state index in [1.54, 1.807) is 0 Å². The van der Waals surface area contributed by atoms with Crippen LogP contribution in [0.2, 0.25) is 0 Å². The Labute approximate surface area is 395 Å². The summed E-state index contributed by atoms with van der Waals surface area (Å²) >= 11 is 0. The quantitative estimate of drug-likeness (QED) is 0.111. The summed E-state index contributed by atoms with van der Waals surface area (Å²) in [4.78, 5) is 21.5. The molecule has 10 nitrogen and oxygen atoms in total. The fourth-order valence-electron chi connectivity index (χ4n) is 7.19. The van der Waals surface area contributed by atoms with Gasteiger partial charge in [0.25, 0.3) is 0 Å². The van der Waals surface area contributed by atoms with E-state index >= 15 is 0 Å². The molecule has 3 unspecified atom stereocenters. The van der Waals surface area contributed by atoms with Crippen LogP contribution in [0.5, 0.6) is 0 Å². The highest BCUT2D eigenvalue weighted by atomic mass is 16.3. The number of aryl methyl sites for hydroxylation is 6. The van der Waals surface area contributed by atoms with E-state index in [0.29, 0.717) is 5.92 Å². The zero-order valence-corrected chi connectivity index (χ0v) is 41.8. The predicted octanol–water partition coefficient (Wildman–Crippen LogP) is 8.80. The minimum atomic E-state index is -0.0357. The maximum atomic E-state index is 10.8. The van der Waals surface area contributed by atoms with Crippen LogP contribution in [0.3, 0.4) is 0 Å². The number of carbonyl (C=O) groups excluding carboxylic acids is 2. The van der Waals surface area contributed by atoms with E-state index in [4.69, 9.17) is 30.6 Å². The molecule has 0 fully saturated rings. The lowest BCUT2D eigenvalue weighted by atomic mass is 9.93. The maximum Gasteiger partial charge on any atom is 0.217 e. The third-order valence-electron chi connectivity index (χ3n) is 11.4. The van der Waals surface area contributed by atoms with Crippen molar-refractivity contribution in [3.8, 4) is 0 Å². The molecule has 2 amide bonds. The molecule has 0 heterocycles. The van der Waals surface area contributed by atoms with Crippen LogP contribution in [0, 0.1) is 47.5 Å². The van der Waals surface area contributed by atoms with Crippen molar-refractivity contribution in [1.82, 2.24) is 10.6 Å². The van der Waals surface area contributed by atoms with E-state index < -0.39 is 0 Å². The molecule has 0 aliphatic heterocycles. The Morgan fingerprint density at radius 3 is 1.27 bits per heavy atom. The topological polar surface area (TPSA) is 180 Å². The van der Waals surface area contributed by atoms with Crippen molar-refractivity contribution in [2.75, 3.05) is 19.8 Å². The van der Waals surface area contributed by atoms with Gasteiger partial charge in [-0.2, -0.15) is 0 Å². The highest BCUT2D eigenvalue weighted by Gasteiger charge is 2.14. The monoisotopic (exact) mass is 909 g/mol. The molecule has 6 rings (SSSR count). The molecule has 362 valence electrons. The summed E-state index contributed by atoms with van der Waals surface area (Å²) < 4.78 is 0. The van der Waals surface area contributed by atoms with Gasteiger partial charge in [-0.3, -0.25) is 9.59 Å². The lowest BCUT2D eigenvalue weighted by molar-refractivity contribution is -0.120. The molecular formula is C56H80N2O8. The van der Waals surface area contributed by atoms with Gasteiger partial charge < -0.3 is 41.3 Å². The number of aliphatic hydroxyl groups is 6. The summed E-state index contributed by atoms with van der Waals surface area (Å²) in [6, 6.07) is 18.3. The first-order valence-electron chi connectivity index (χ1n) is 22.7. The second-order valence-corrected chi connectivity index (χ2v) is 17.2. The van der Waals surface area contributed by atoms with Crippen molar-refractivity contribution < 1.29 is 40.2 Å². The van der Waals surface area contributed by atoms with Crippen LogP contribution in [0.1, 0.15) is 111 Å². The predicted molar refractivity (Wildman–Crippen MR) is 271 cm³/mol. The minimum Gasteiger partial charge on any atom is -0.392 e. The summed E-state index contributed by atoms with van der Waals surface area (Å²) in [5, 5.41) is 59.0. The third-order valence-corrected chi connectivity index (χ3v) is 11.4. The Bertz CT molecular complexity index is 2120. The smallest absolute Gasteiger partial charge is 0.217 e. The number of nitrogens with one attached hydrogen (secondary N) is 2. The number of aliphatic hydroxyl groups excluding tert-OH is 6. The van der Waals surface area contributed by atoms with Gasteiger partial charge in [-0.1, -0.05) is 109 Å². The Balaban J connectivity index is 0.000000398. The van der Waals surface area contributed by atoms with Crippen molar-refractivity contribution in [2.24, 2.45) is 5.92 Å². The van der Waals surface area contributed by atoms with E-state index in [9.17, 15) is 9.59 Å². The van der Waals surface area contributed by atoms with Gasteiger partial charge in [-0.25, -0.2) is 0 Å². The van der Waals surface area contributed by atoms with Crippen molar-refractivity contribution in [3.05, 3.63) is 175 Å². The first-order valence-corrected chi connectivity index (χ1v) is 22.7. The molecule has 3 atom stereocenters. The molecule has 3 aliphatic carbocycles. The number of carbonyl (C=O) groups is 2. The van der Waals surface area contributed by atoms with Crippen molar-refractivity contribution in [2.45, 2.75) is 134 Å². The summed E-state index contributed by atoms with van der Waals surface area (Å²) in [5.74, 6) is 0.594. The Morgan fingerprint density at radius 2 is 0.909 bits per heavy atom. The standard InChI is InChI=1S/2C10H15NO2.C9H14O.3C9H12O/c1-7-5-10(11-8(2)13)4-3-9(7)6-12;1-7-3-4-10(11-8(2)13)5-9(7)6-12;1-7-3-4-9(6-10)8(2)5-7;2*1-7-3-4-8(2)9(5-7)6-10;1-7-4-3-5-8(2)9(7)6-10/h2*3,5,10,12H,4,6H2,1-2H3,(H,11,13);4-5,7,10H,3,6H2,1-2H3;3*3-5,10H,6H2,1-2H3. The fraction of sp³-hybridized carbons (Fsp3) is 0.429. The second-order valence-electron chi connectivity index (χ2n) is 17.2. The fourth-order valence-corrected chi connectivity index (χ4v) is 7.19. The molecule has 10 heteroatoms. The van der Waals surface area contributed by atoms with Crippen LogP contribution in [0.4, 0.5) is 0 Å². The maximum absolute atomic E-state index is 10.8. The van der Waals surface area contributed by atoms with Gasteiger partial charge >= 0.3 is 0 Å². The minimum absolute atomic E-state index is 0.0186. The van der Waals surface area contributed by atoms with Gasteiger partial charge in [-0.15, -0.1) is 0 Å². The lowest BCUT2D eigenvalue weighted by Gasteiger charge is -2.19. The first-order chi connectivity index (χ1) is 31.2. The van der Waals surface area contributed by atoms with E-state index in [2.05, 4.69) is 48.8 Å². The molecule has 3 aromatic carbocycles. The van der Waals surface area contributed by atoms with Gasteiger partial charge in [0.1, 0.15) is 0 Å². The molecule has 3 aliphatic rings. The molecule has 3 aromatic rings. The van der Waals surface area contributed by atoms with Crippen LogP contribution in [-0.2, 0) is 29.4 Å². The van der Waals surface area contributed by atoms with Gasteiger partial charge in [-0.05, 0) is 160 Å². The molecule has 0 spiro atoms. The van der Waals surface area contributed by atoms with Crippen LogP contribution in [0.15, 0.2) is 124 Å². The zero-order chi connectivity index (χ0) is 49.9. The lowest BCUT2D eigenvalue weighted by Crippen LogP contribution is -2.32. The molecule has 0 bridgehead atoms. The van der Waals surface area contributed by atoms with E-state index in [1.165, 1.54) is 41.7 Å². The zero-order valence-electron chi connectivity index (χ0n) is 41.8. The first kappa shape index (κ1) is 58.8. The van der Waals surface area contributed by atoms with Crippen LogP contribution >= 0.6 is 0 Å². The Kier molecular flexibility index (Phi) is 28.2. The number of allylic oxidation sites excluding steroid dienone is 2. The van der Waals surface area contributed by atoms with Gasteiger partial charge in [0.15, 0.2) is 0 Å². The number of hydrogen-bond acceptors (Lipinski definition) is 8. The number of hydrogen-bond donors (Lipinski definition) is 8. The molecule has 0 aromatic heterocycles. The Hall–Kier alpha value is -5.20. The van der Waals surface area contributed by atoms with Crippen molar-refractivity contribution in [3.63, 3.8) is 0 Å². The van der Waals surface area contributed by atoms with Crippen molar-refractivity contribution in [1.29, 1.82) is 0 Å². The molecule has 66 heavy (non-hydrogen) atoms. The van der Waals surface area contributed by atoms with Gasteiger partial charge in [0.05, 0.1) is 51.7 Å². The largest absolute Gasteiger partial charge is 0.392 e. The number of benzene rings is 3. The summed E-state index contributed by atoms with van der Waals surface area (Å²) in [5.41, 5.74) is 16.5. The van der Waals surface area contributed by atoms with Gasteiger partial charge in [0.2, 0.25) is 11.8 Å². The number of amides is 2. The molecule has 8 N–H and O–H groups in total. The summed E-state index contributed by atoms with van der Waals surface area (Å²) in [6.45, 7) is 24.0. The van der Waals surface area contributed by atoms with E-state index in [-0.39, 0.29) is 63.5 Å². The normalized spacial score (nSPS) is 17.0. The SMILES string of the molecule is CC(=O)NC1C=C(C)C(CO)=CC1.CC(=O)NC1C=C(CO)C(C)=CC1.CC1=CC(C)CC=C1CO.Cc1ccc(C)c(CO)c1.Cc1ccc(C)c(CO)c1.Cc1cccc(C)c1CO. The summed E-state index contributed by atoms with van der Waals surface area (Å²) in [6.07, 6.45) is 14.9. The van der Waals surface area contributed by atoms with Gasteiger partial charge in [0, 0.05) is 13.8 Å². The van der Waals surface area contributed by atoms with Crippen LogP contribution < -0.4 is 10.6 Å². The average molecular weight is 909 g/mol. The second kappa shape index (κ2) is 31.7. The Morgan fingerprint density at radius 1 is 0.485 bits per heavy atom. The molecular weight excluding hydrogens is 829 g/mol. The van der Waals surface area contributed by atoms with Crippen molar-refractivity contribution >= 4 is 11.8 Å². The highest BCUT2D eigenvalue weighted by Crippen LogP contribution is 2.22. The van der Waals surface area contributed by atoms with Crippen LogP contribution in [-0.4, -0.2) is 74.4 Å². The molecule has 0 saturated carbocycles. The third kappa shape index (κ3) is 22.3. The highest BCUT2D eigenvalue weighted by molar-refractivity contribution is 5.74. The van der Waals surface area contributed by atoms with E-state index in [1.807, 2.05) is 122 Å². The molecule has 0 saturated heterocycles. The summed E-state index contributed by atoms with van der Waals surface area (Å²) in [7, 11) is 0. The number of rotatable bonds is 8. The van der Waals surface area contributed by atoms with E-state index in [0.717, 1.165) is 74.9 Å².